The molecule has 1 aliphatic rings. The highest BCUT2D eigenvalue weighted by Crippen LogP contribution is 2.45. The largest absolute Gasteiger partial charge is 0.586 e. The van der Waals surface area contributed by atoms with E-state index in [0.717, 1.165) is 0 Å². The summed E-state index contributed by atoms with van der Waals surface area (Å²) in [6, 6.07) is 7.97. The maximum absolute atomic E-state index is 13.1. The van der Waals surface area contributed by atoms with Crippen molar-refractivity contribution in [2.45, 2.75) is 6.29 Å². The van der Waals surface area contributed by atoms with Gasteiger partial charge in [0.15, 0.2) is 11.5 Å². The second-order valence-electron chi connectivity index (χ2n) is 4.42. The Hall–Kier alpha value is -2.54. The lowest BCUT2D eigenvalue weighted by Gasteiger charge is -2.09. The minimum atomic E-state index is -3.79. The van der Waals surface area contributed by atoms with Crippen molar-refractivity contribution in [2.24, 2.45) is 0 Å². The van der Waals surface area contributed by atoms with E-state index in [-0.39, 0.29) is 33.5 Å². The number of aromatic hydroxyl groups is 1. The van der Waals surface area contributed by atoms with Crippen molar-refractivity contribution >= 4 is 23.2 Å². The van der Waals surface area contributed by atoms with Crippen LogP contribution < -0.4 is 14.8 Å². The molecule has 1 aliphatic heterocycles. The lowest BCUT2D eigenvalue weighted by molar-refractivity contribution is -0.286. The van der Waals surface area contributed by atoms with Gasteiger partial charge in [0.25, 0.3) is 5.91 Å². The number of phenolic OH excluding ortho intramolecular Hbond substituents is 1. The van der Waals surface area contributed by atoms with Crippen LogP contribution in [0.25, 0.3) is 0 Å². The lowest BCUT2D eigenvalue weighted by atomic mass is 10.1. The molecule has 0 atom stereocenters. The number of carbonyl (C=O) groups is 1. The highest BCUT2D eigenvalue weighted by molar-refractivity contribution is 6.31. The summed E-state index contributed by atoms with van der Waals surface area (Å²) in [5, 5.41) is 12.3. The summed E-state index contributed by atoms with van der Waals surface area (Å²) < 4.78 is 34.8. The fourth-order valence-electron chi connectivity index (χ4n) is 1.95. The molecule has 22 heavy (non-hydrogen) atoms. The summed E-state index contributed by atoms with van der Waals surface area (Å²) in [5.74, 6) is -1.51. The van der Waals surface area contributed by atoms with Gasteiger partial charge in [0.2, 0.25) is 0 Å². The fourth-order valence-corrected chi connectivity index (χ4v) is 2.12. The quantitative estimate of drug-likeness (QED) is 0.884. The molecule has 2 N–H and O–H groups in total. The van der Waals surface area contributed by atoms with Gasteiger partial charge in [0, 0.05) is 5.02 Å². The first-order valence-electron chi connectivity index (χ1n) is 6.04. The van der Waals surface area contributed by atoms with Gasteiger partial charge in [-0.05, 0) is 30.3 Å². The topological polar surface area (TPSA) is 67.8 Å². The zero-order chi connectivity index (χ0) is 15.9. The number of nitrogens with one attached hydrogen (secondary N) is 1. The number of fused-ring (bicyclic) bond motifs is 1. The first kappa shape index (κ1) is 14.4. The molecule has 8 heteroatoms. The minimum Gasteiger partial charge on any atom is -0.507 e. The average Bonchev–Trinajstić information content (AvgIpc) is 2.76. The number of carbonyl (C=O) groups excluding carboxylic acids is 1. The van der Waals surface area contributed by atoms with Gasteiger partial charge in [0.05, 0.1) is 11.3 Å². The van der Waals surface area contributed by atoms with Gasteiger partial charge in [-0.2, -0.15) is 0 Å². The number of benzene rings is 2. The number of para-hydroxylation sites is 1. The molecule has 1 amide bonds. The van der Waals surface area contributed by atoms with Crippen molar-refractivity contribution in [3.05, 3.63) is 47.0 Å². The van der Waals surface area contributed by atoms with E-state index in [1.807, 2.05) is 0 Å². The molecule has 5 nitrogen and oxygen atoms in total. The van der Waals surface area contributed by atoms with Gasteiger partial charge in [-0.1, -0.05) is 17.7 Å². The Labute approximate surface area is 128 Å². The lowest BCUT2D eigenvalue weighted by Crippen LogP contribution is -2.26. The molecule has 1 heterocycles. The van der Waals surface area contributed by atoms with Gasteiger partial charge >= 0.3 is 6.29 Å². The minimum absolute atomic E-state index is 0.0148. The van der Waals surface area contributed by atoms with Gasteiger partial charge in [-0.25, -0.2) is 0 Å². The Kier molecular flexibility index (Phi) is 3.29. The second-order valence-corrected chi connectivity index (χ2v) is 4.85. The van der Waals surface area contributed by atoms with Gasteiger partial charge in [0.1, 0.15) is 5.75 Å². The van der Waals surface area contributed by atoms with Crippen molar-refractivity contribution in [3.63, 3.8) is 0 Å². The number of halogens is 3. The van der Waals surface area contributed by atoms with Crippen molar-refractivity contribution < 1.29 is 28.2 Å². The molecule has 114 valence electrons. The average molecular weight is 328 g/mol. The standard InChI is InChI=1S/C14H8ClF2NO4/c15-7-4-5-10(19)8(6-7)13(20)18-9-2-1-3-11-12(9)22-14(16,17)21-11/h1-6,19H,(H,18,20). The van der Waals surface area contributed by atoms with Gasteiger partial charge in [-0.15, -0.1) is 8.78 Å². The summed E-state index contributed by atoms with van der Waals surface area (Å²) in [6.07, 6.45) is -3.79. The van der Waals surface area contributed by atoms with Crippen LogP contribution >= 0.6 is 11.6 Å². The van der Waals surface area contributed by atoms with Crippen LogP contribution in [0, 0.1) is 0 Å². The number of ether oxygens (including phenoxy) is 2. The Balaban J connectivity index is 1.91. The molecule has 0 aliphatic carbocycles. The molecule has 0 aromatic heterocycles. The van der Waals surface area contributed by atoms with Crippen LogP contribution in [0.1, 0.15) is 10.4 Å². The number of amides is 1. The fraction of sp³-hybridized carbons (Fsp3) is 0.0714. The van der Waals surface area contributed by atoms with Crippen LogP contribution in [0.5, 0.6) is 17.2 Å². The number of phenols is 1. The van der Waals surface area contributed by atoms with Crippen LogP contribution in [0.3, 0.4) is 0 Å². The van der Waals surface area contributed by atoms with E-state index in [2.05, 4.69) is 14.8 Å². The number of hydrogen-bond donors (Lipinski definition) is 2. The number of alkyl halides is 2. The predicted octanol–water partition coefficient (Wildman–Crippen LogP) is 3.62. The van der Waals surface area contributed by atoms with E-state index in [9.17, 15) is 18.7 Å². The molecule has 0 radical (unpaired) electrons. The van der Waals surface area contributed by atoms with Crippen LogP contribution in [0.4, 0.5) is 14.5 Å². The Morgan fingerprint density at radius 1 is 1.23 bits per heavy atom. The van der Waals surface area contributed by atoms with E-state index < -0.39 is 12.2 Å². The highest BCUT2D eigenvalue weighted by atomic mass is 35.5. The zero-order valence-electron chi connectivity index (χ0n) is 10.8. The summed E-state index contributed by atoms with van der Waals surface area (Å²) in [6.45, 7) is 0. The number of hydrogen-bond acceptors (Lipinski definition) is 4. The first-order valence-corrected chi connectivity index (χ1v) is 6.42. The third-order valence-corrected chi connectivity index (χ3v) is 3.12. The van der Waals surface area contributed by atoms with Crippen LogP contribution in [-0.2, 0) is 0 Å². The molecular formula is C14H8ClF2NO4. The number of anilines is 1. The molecule has 0 unspecified atom stereocenters. The van der Waals surface area contributed by atoms with E-state index >= 15 is 0 Å². The Morgan fingerprint density at radius 3 is 2.77 bits per heavy atom. The third kappa shape index (κ3) is 2.62. The SMILES string of the molecule is O=C(Nc1cccc2c1OC(F)(F)O2)c1cc(Cl)ccc1O. The Morgan fingerprint density at radius 2 is 2.00 bits per heavy atom. The second kappa shape index (κ2) is 5.03. The maximum Gasteiger partial charge on any atom is 0.586 e. The van der Waals surface area contributed by atoms with Crippen molar-refractivity contribution in [1.29, 1.82) is 0 Å². The first-order chi connectivity index (χ1) is 10.4. The molecule has 0 saturated heterocycles. The van der Waals surface area contributed by atoms with E-state index in [0.29, 0.717) is 0 Å². The predicted molar refractivity (Wildman–Crippen MR) is 73.7 cm³/mol. The molecule has 2 aromatic rings. The van der Waals surface area contributed by atoms with Crippen molar-refractivity contribution in [2.75, 3.05) is 5.32 Å². The molecule has 3 rings (SSSR count). The third-order valence-electron chi connectivity index (χ3n) is 2.88. The molecular weight excluding hydrogens is 320 g/mol. The molecule has 0 fully saturated rings. The van der Waals surface area contributed by atoms with Gasteiger partial charge in [-0.3, -0.25) is 4.79 Å². The van der Waals surface area contributed by atoms with E-state index in [1.165, 1.54) is 36.4 Å². The smallest absolute Gasteiger partial charge is 0.507 e. The van der Waals surface area contributed by atoms with Crippen molar-refractivity contribution in [3.8, 4) is 17.2 Å². The summed E-state index contributed by atoms with van der Waals surface area (Å²) in [5.41, 5.74) is -0.116. The summed E-state index contributed by atoms with van der Waals surface area (Å²) in [4.78, 5) is 12.1. The molecule has 0 bridgehead atoms. The normalized spacial score (nSPS) is 14.7. The van der Waals surface area contributed by atoms with Gasteiger partial charge < -0.3 is 19.9 Å². The van der Waals surface area contributed by atoms with E-state index in [1.54, 1.807) is 0 Å². The van der Waals surface area contributed by atoms with Crippen LogP contribution in [-0.4, -0.2) is 17.3 Å². The maximum atomic E-state index is 13.1. The highest BCUT2D eigenvalue weighted by Gasteiger charge is 2.44. The van der Waals surface area contributed by atoms with Crippen LogP contribution in [0.15, 0.2) is 36.4 Å². The Bertz CT molecular complexity index is 767. The monoisotopic (exact) mass is 327 g/mol. The molecule has 0 spiro atoms. The summed E-state index contributed by atoms with van der Waals surface area (Å²) >= 11 is 5.76. The van der Waals surface area contributed by atoms with Crippen LogP contribution in [0.2, 0.25) is 5.02 Å². The number of rotatable bonds is 2. The van der Waals surface area contributed by atoms with E-state index in [4.69, 9.17) is 11.6 Å². The van der Waals surface area contributed by atoms with Crippen molar-refractivity contribution in [1.82, 2.24) is 0 Å². The summed E-state index contributed by atoms with van der Waals surface area (Å²) in [7, 11) is 0. The zero-order valence-corrected chi connectivity index (χ0v) is 11.5. The molecule has 0 saturated carbocycles. The molecule has 2 aromatic carbocycles.